The third-order valence-electron chi connectivity index (χ3n) is 6.78. The summed E-state index contributed by atoms with van der Waals surface area (Å²) in [6.45, 7) is 7.99. The normalized spacial score (nSPS) is 50.8. The predicted octanol–water partition coefficient (Wildman–Crippen LogP) is 3.65. The molecule has 0 radical (unpaired) electrons. The molecule has 1 saturated heterocycles. The molecule has 2 heteroatoms. The van der Waals surface area contributed by atoms with Crippen LogP contribution in [0.1, 0.15) is 65.2 Å². The number of hydrogen-bond donors (Lipinski definition) is 0. The summed E-state index contributed by atoms with van der Waals surface area (Å²) in [7, 11) is 0. The lowest BCUT2D eigenvalue weighted by Gasteiger charge is -2.65. The fourth-order valence-corrected chi connectivity index (χ4v) is 7.07. The van der Waals surface area contributed by atoms with E-state index in [2.05, 4.69) is 18.7 Å². The largest absolute Gasteiger partial charge is 0.298 e. The summed E-state index contributed by atoms with van der Waals surface area (Å²) in [5.41, 5.74) is 0.995. The quantitative estimate of drug-likeness (QED) is 0.783. The van der Waals surface area contributed by atoms with Crippen LogP contribution in [-0.4, -0.2) is 30.3 Å². The fraction of sp³-hybridized carbons (Fsp3) is 0.944. The Labute approximate surface area is 123 Å². The highest BCUT2D eigenvalue weighted by Gasteiger charge is 2.62. The molecule has 4 bridgehead atoms. The van der Waals surface area contributed by atoms with E-state index in [4.69, 9.17) is 0 Å². The maximum atomic E-state index is 13.1. The van der Waals surface area contributed by atoms with Crippen molar-refractivity contribution >= 4 is 5.78 Å². The maximum absolute atomic E-state index is 13.1. The Morgan fingerprint density at radius 3 is 2.15 bits per heavy atom. The van der Waals surface area contributed by atoms with Gasteiger partial charge >= 0.3 is 0 Å². The molecule has 4 aliphatic carbocycles. The van der Waals surface area contributed by atoms with E-state index in [0.29, 0.717) is 16.6 Å². The van der Waals surface area contributed by atoms with Gasteiger partial charge in [-0.3, -0.25) is 9.69 Å². The first-order valence-electron chi connectivity index (χ1n) is 8.66. The molecule has 2 atom stereocenters. The molecular weight excluding hydrogens is 246 g/mol. The second-order valence-electron chi connectivity index (χ2n) is 9.32. The summed E-state index contributed by atoms with van der Waals surface area (Å²) in [5, 5.41) is 0. The third kappa shape index (κ3) is 1.98. The van der Waals surface area contributed by atoms with Gasteiger partial charge < -0.3 is 0 Å². The van der Waals surface area contributed by atoms with Crippen LogP contribution >= 0.6 is 0 Å². The van der Waals surface area contributed by atoms with Crippen LogP contribution in [0, 0.1) is 22.2 Å². The Bertz CT molecular complexity index is 419. The number of nitrogens with zero attached hydrogens (tertiary/aromatic N) is 1. The summed E-state index contributed by atoms with van der Waals surface area (Å²) < 4.78 is 0. The molecule has 0 amide bonds. The molecule has 0 aromatic rings. The van der Waals surface area contributed by atoms with Crippen molar-refractivity contribution in [2.45, 2.75) is 65.2 Å². The average molecular weight is 275 g/mol. The minimum Gasteiger partial charge on any atom is -0.298 e. The topological polar surface area (TPSA) is 20.3 Å². The lowest BCUT2D eigenvalue weighted by atomic mass is 9.39. The molecule has 2 unspecified atom stereocenters. The lowest BCUT2D eigenvalue weighted by Crippen LogP contribution is -2.58. The van der Waals surface area contributed by atoms with Crippen molar-refractivity contribution in [3.63, 3.8) is 0 Å². The summed E-state index contributed by atoms with van der Waals surface area (Å²) in [5.74, 6) is 1.43. The Morgan fingerprint density at radius 2 is 1.60 bits per heavy atom. The zero-order valence-electron chi connectivity index (χ0n) is 13.2. The molecule has 5 fully saturated rings. The molecule has 0 aromatic heterocycles. The van der Waals surface area contributed by atoms with Crippen LogP contribution in [0.4, 0.5) is 0 Å². The van der Waals surface area contributed by atoms with Crippen LogP contribution in [0.15, 0.2) is 0 Å². The Hall–Kier alpha value is -0.370. The van der Waals surface area contributed by atoms with E-state index in [9.17, 15) is 4.79 Å². The Kier molecular flexibility index (Phi) is 2.72. The number of hydrogen-bond acceptors (Lipinski definition) is 2. The minimum atomic E-state index is 0.0610. The summed E-state index contributed by atoms with van der Waals surface area (Å²) in [6, 6.07) is 0. The van der Waals surface area contributed by atoms with E-state index in [0.717, 1.165) is 25.6 Å². The van der Waals surface area contributed by atoms with Crippen LogP contribution in [-0.2, 0) is 4.79 Å². The second-order valence-corrected chi connectivity index (χ2v) is 9.32. The van der Waals surface area contributed by atoms with Crippen molar-refractivity contribution in [2.75, 3.05) is 19.6 Å². The van der Waals surface area contributed by atoms with Crippen molar-refractivity contribution in [2.24, 2.45) is 22.2 Å². The van der Waals surface area contributed by atoms with Crippen LogP contribution in [0.5, 0.6) is 0 Å². The standard InChI is InChI=1S/C18H29NO/c1-16-7-14-8-17(2,11-16)13-18(9-14,12-16)15(20)10-19-5-3-4-6-19/h14H,3-13H2,1-2H3. The van der Waals surface area contributed by atoms with Gasteiger partial charge in [-0.2, -0.15) is 0 Å². The summed E-state index contributed by atoms with van der Waals surface area (Å²) in [4.78, 5) is 15.5. The number of carbonyl (C=O) groups is 1. The molecule has 0 spiro atoms. The Balaban J connectivity index is 1.58. The van der Waals surface area contributed by atoms with Crippen LogP contribution < -0.4 is 0 Å². The number of carbonyl (C=O) groups excluding carboxylic acids is 1. The highest BCUT2D eigenvalue weighted by Crippen LogP contribution is 2.69. The third-order valence-corrected chi connectivity index (χ3v) is 6.78. The highest BCUT2D eigenvalue weighted by molar-refractivity contribution is 5.87. The van der Waals surface area contributed by atoms with Gasteiger partial charge in [0, 0.05) is 5.41 Å². The molecule has 112 valence electrons. The molecule has 0 aromatic carbocycles. The number of rotatable bonds is 3. The second kappa shape index (κ2) is 4.09. The van der Waals surface area contributed by atoms with Crippen molar-refractivity contribution in [3.8, 4) is 0 Å². The van der Waals surface area contributed by atoms with Crippen LogP contribution in [0.3, 0.4) is 0 Å². The summed E-state index contributed by atoms with van der Waals surface area (Å²) in [6.07, 6.45) is 10.3. The van der Waals surface area contributed by atoms with Gasteiger partial charge in [-0.05, 0) is 81.2 Å². The van der Waals surface area contributed by atoms with Gasteiger partial charge in [0.1, 0.15) is 0 Å². The van der Waals surface area contributed by atoms with E-state index < -0.39 is 0 Å². The van der Waals surface area contributed by atoms with Gasteiger partial charge in [-0.15, -0.1) is 0 Å². The van der Waals surface area contributed by atoms with E-state index >= 15 is 0 Å². The van der Waals surface area contributed by atoms with Crippen LogP contribution in [0.25, 0.3) is 0 Å². The van der Waals surface area contributed by atoms with Gasteiger partial charge in [0.15, 0.2) is 5.78 Å². The first-order valence-corrected chi connectivity index (χ1v) is 8.66. The van der Waals surface area contributed by atoms with E-state index in [-0.39, 0.29) is 5.41 Å². The van der Waals surface area contributed by atoms with Crippen molar-refractivity contribution < 1.29 is 4.79 Å². The van der Waals surface area contributed by atoms with Crippen molar-refractivity contribution in [3.05, 3.63) is 0 Å². The molecular formula is C18H29NO. The predicted molar refractivity (Wildman–Crippen MR) is 80.5 cm³/mol. The molecule has 5 aliphatic rings. The van der Waals surface area contributed by atoms with E-state index in [1.807, 2.05) is 0 Å². The smallest absolute Gasteiger partial charge is 0.153 e. The first-order chi connectivity index (χ1) is 9.41. The van der Waals surface area contributed by atoms with E-state index in [1.54, 1.807) is 0 Å². The fourth-order valence-electron chi connectivity index (χ4n) is 7.07. The molecule has 1 heterocycles. The zero-order valence-corrected chi connectivity index (χ0v) is 13.2. The molecule has 0 N–H and O–H groups in total. The Morgan fingerprint density at radius 1 is 1.00 bits per heavy atom. The average Bonchev–Trinajstić information content (AvgIpc) is 2.76. The van der Waals surface area contributed by atoms with Gasteiger partial charge in [-0.25, -0.2) is 0 Å². The first kappa shape index (κ1) is 13.3. The molecule has 20 heavy (non-hydrogen) atoms. The van der Waals surface area contributed by atoms with Gasteiger partial charge in [0.2, 0.25) is 0 Å². The molecule has 4 saturated carbocycles. The lowest BCUT2D eigenvalue weighted by molar-refractivity contribution is -0.168. The van der Waals surface area contributed by atoms with Crippen molar-refractivity contribution in [1.29, 1.82) is 0 Å². The molecule has 1 aliphatic heterocycles. The summed E-state index contributed by atoms with van der Waals surface area (Å²) >= 11 is 0. The molecule has 2 nitrogen and oxygen atoms in total. The van der Waals surface area contributed by atoms with Gasteiger partial charge in [-0.1, -0.05) is 13.8 Å². The van der Waals surface area contributed by atoms with Crippen LogP contribution in [0.2, 0.25) is 0 Å². The SMILES string of the molecule is CC12CC3CC(C)(C1)CC(C(=O)CN1CCCC1)(C3)C2. The monoisotopic (exact) mass is 275 g/mol. The van der Waals surface area contributed by atoms with Gasteiger partial charge in [0.25, 0.3) is 0 Å². The van der Waals surface area contributed by atoms with Gasteiger partial charge in [0.05, 0.1) is 6.54 Å². The van der Waals surface area contributed by atoms with Crippen molar-refractivity contribution in [1.82, 2.24) is 4.90 Å². The van der Waals surface area contributed by atoms with E-state index in [1.165, 1.54) is 51.4 Å². The zero-order chi connectivity index (χ0) is 14.0. The minimum absolute atomic E-state index is 0.0610. The number of ketones is 1. The maximum Gasteiger partial charge on any atom is 0.153 e. The number of likely N-dealkylation sites (tertiary alicyclic amines) is 1. The highest BCUT2D eigenvalue weighted by atomic mass is 16.1. The molecule has 5 rings (SSSR count). The number of Topliss-reactive ketones (excluding diaryl/α,β-unsaturated/α-hetero) is 1.